The van der Waals surface area contributed by atoms with Gasteiger partial charge >= 0.3 is 0 Å². The summed E-state index contributed by atoms with van der Waals surface area (Å²) in [4.78, 5) is 0. The fraction of sp³-hybridized carbons (Fsp3) is 0.105. The monoisotopic (exact) mass is 291 g/mol. The highest BCUT2D eigenvalue weighted by Gasteiger charge is 2.09. The van der Waals surface area contributed by atoms with Crippen molar-refractivity contribution >= 4 is 6.08 Å². The fourth-order valence-electron chi connectivity index (χ4n) is 2.22. The highest BCUT2D eigenvalue weighted by atomic mass is 16.5. The van der Waals surface area contributed by atoms with E-state index in [2.05, 4.69) is 5.16 Å². The Bertz CT molecular complexity index is 732. The molecular formula is C19H17NO2. The maximum atomic E-state index is 10.1. The average Bonchev–Trinajstić information content (AvgIpc) is 3.03. The maximum Gasteiger partial charge on any atom is 0.167 e. The van der Waals surface area contributed by atoms with Crippen molar-refractivity contribution in [3.05, 3.63) is 84.1 Å². The third kappa shape index (κ3) is 3.71. The van der Waals surface area contributed by atoms with Gasteiger partial charge in [-0.25, -0.2) is 0 Å². The van der Waals surface area contributed by atoms with E-state index in [1.165, 1.54) is 0 Å². The van der Waals surface area contributed by atoms with E-state index in [-0.39, 0.29) is 0 Å². The molecule has 3 aromatic rings. The SMILES string of the molecule is OC(/C=C/c1ccccc1)Cc1cc(-c2ccccc2)on1. The third-order valence-corrected chi connectivity index (χ3v) is 3.35. The molecule has 0 aliphatic carbocycles. The van der Waals surface area contributed by atoms with E-state index < -0.39 is 6.10 Å². The zero-order valence-corrected chi connectivity index (χ0v) is 12.1. The number of hydrogen-bond donors (Lipinski definition) is 1. The van der Waals surface area contributed by atoms with Crippen molar-refractivity contribution in [1.29, 1.82) is 0 Å². The lowest BCUT2D eigenvalue weighted by Gasteiger charge is -2.01. The number of benzene rings is 2. The molecule has 0 aliphatic rings. The molecule has 3 nitrogen and oxygen atoms in total. The minimum absolute atomic E-state index is 0.430. The standard InChI is InChI=1S/C19H17NO2/c21-18(12-11-15-7-3-1-4-8-15)13-17-14-19(22-20-17)16-9-5-2-6-10-16/h1-12,14,18,21H,13H2/b12-11+. The number of aliphatic hydroxyl groups excluding tert-OH is 1. The van der Waals surface area contributed by atoms with Crippen molar-refractivity contribution in [2.45, 2.75) is 12.5 Å². The van der Waals surface area contributed by atoms with Crippen molar-refractivity contribution < 1.29 is 9.63 Å². The smallest absolute Gasteiger partial charge is 0.167 e. The Labute approximate surface area is 129 Å². The molecule has 1 aromatic heterocycles. The van der Waals surface area contributed by atoms with Crippen LogP contribution >= 0.6 is 0 Å². The second-order valence-electron chi connectivity index (χ2n) is 5.09. The quantitative estimate of drug-likeness (QED) is 0.774. The molecule has 0 amide bonds. The first-order valence-corrected chi connectivity index (χ1v) is 7.23. The van der Waals surface area contributed by atoms with Gasteiger partial charge < -0.3 is 9.63 Å². The summed E-state index contributed by atoms with van der Waals surface area (Å²) in [5, 5.41) is 14.1. The Hall–Kier alpha value is -2.65. The highest BCUT2D eigenvalue weighted by Crippen LogP contribution is 2.20. The van der Waals surface area contributed by atoms with E-state index in [0.29, 0.717) is 6.42 Å². The van der Waals surface area contributed by atoms with Crippen molar-refractivity contribution in [3.63, 3.8) is 0 Å². The minimum Gasteiger partial charge on any atom is -0.389 e. The molecule has 0 fully saturated rings. The predicted molar refractivity (Wildman–Crippen MR) is 87.1 cm³/mol. The summed E-state index contributed by atoms with van der Waals surface area (Å²) >= 11 is 0. The van der Waals surface area contributed by atoms with E-state index in [1.807, 2.05) is 72.8 Å². The molecule has 1 unspecified atom stereocenters. The van der Waals surface area contributed by atoms with E-state index in [4.69, 9.17) is 4.52 Å². The van der Waals surface area contributed by atoms with E-state index in [9.17, 15) is 5.11 Å². The lowest BCUT2D eigenvalue weighted by molar-refractivity contribution is 0.221. The van der Waals surface area contributed by atoms with Crippen LogP contribution < -0.4 is 0 Å². The molecule has 3 heteroatoms. The van der Waals surface area contributed by atoms with Gasteiger partial charge in [-0.05, 0) is 5.56 Å². The van der Waals surface area contributed by atoms with Gasteiger partial charge in [-0.1, -0.05) is 78.0 Å². The van der Waals surface area contributed by atoms with Gasteiger partial charge in [-0.15, -0.1) is 0 Å². The van der Waals surface area contributed by atoms with Crippen LogP contribution in [-0.2, 0) is 6.42 Å². The van der Waals surface area contributed by atoms with E-state index in [1.54, 1.807) is 6.08 Å². The van der Waals surface area contributed by atoms with Gasteiger partial charge in [0.2, 0.25) is 0 Å². The molecule has 0 bridgehead atoms. The van der Waals surface area contributed by atoms with Gasteiger partial charge in [-0.3, -0.25) is 0 Å². The summed E-state index contributed by atoms with van der Waals surface area (Å²) in [6.45, 7) is 0. The molecule has 1 heterocycles. The summed E-state index contributed by atoms with van der Waals surface area (Å²) in [6, 6.07) is 21.6. The average molecular weight is 291 g/mol. The van der Waals surface area contributed by atoms with Crippen molar-refractivity contribution in [2.24, 2.45) is 0 Å². The number of aliphatic hydroxyl groups is 1. The first kappa shape index (κ1) is 14.3. The third-order valence-electron chi connectivity index (χ3n) is 3.35. The Balaban J connectivity index is 1.64. The Morgan fingerprint density at radius 2 is 1.68 bits per heavy atom. The fourth-order valence-corrected chi connectivity index (χ4v) is 2.22. The lowest BCUT2D eigenvalue weighted by atomic mass is 10.1. The predicted octanol–water partition coefficient (Wildman–Crippen LogP) is 3.96. The molecule has 0 aliphatic heterocycles. The lowest BCUT2D eigenvalue weighted by Crippen LogP contribution is -2.06. The first-order valence-electron chi connectivity index (χ1n) is 7.23. The van der Waals surface area contributed by atoms with Crippen molar-refractivity contribution in [2.75, 3.05) is 0 Å². The minimum atomic E-state index is -0.589. The maximum absolute atomic E-state index is 10.1. The normalized spacial score (nSPS) is 12.6. The first-order chi connectivity index (χ1) is 10.8. The van der Waals surface area contributed by atoms with Crippen molar-refractivity contribution in [3.8, 4) is 11.3 Å². The molecule has 0 saturated heterocycles. The Morgan fingerprint density at radius 1 is 1.00 bits per heavy atom. The van der Waals surface area contributed by atoms with Crippen LogP contribution in [0.25, 0.3) is 17.4 Å². The van der Waals surface area contributed by atoms with Crippen LogP contribution in [-0.4, -0.2) is 16.4 Å². The van der Waals surface area contributed by atoms with Crippen LogP contribution in [0.4, 0.5) is 0 Å². The summed E-state index contributed by atoms with van der Waals surface area (Å²) in [6.07, 6.45) is 3.52. The number of rotatable bonds is 5. The van der Waals surface area contributed by atoms with Gasteiger partial charge in [0.15, 0.2) is 5.76 Å². The number of hydrogen-bond acceptors (Lipinski definition) is 3. The van der Waals surface area contributed by atoms with Gasteiger partial charge in [0.05, 0.1) is 11.8 Å². The van der Waals surface area contributed by atoms with E-state index in [0.717, 1.165) is 22.6 Å². The summed E-state index contributed by atoms with van der Waals surface area (Å²) in [7, 11) is 0. The highest BCUT2D eigenvalue weighted by molar-refractivity contribution is 5.57. The molecule has 22 heavy (non-hydrogen) atoms. The zero-order chi connectivity index (χ0) is 15.2. The topological polar surface area (TPSA) is 46.3 Å². The van der Waals surface area contributed by atoms with Gasteiger partial charge in [0.25, 0.3) is 0 Å². The second-order valence-corrected chi connectivity index (χ2v) is 5.09. The van der Waals surface area contributed by atoms with Crippen LogP contribution in [0.3, 0.4) is 0 Å². The van der Waals surface area contributed by atoms with Crippen LogP contribution in [0, 0.1) is 0 Å². The zero-order valence-electron chi connectivity index (χ0n) is 12.1. The molecule has 0 radical (unpaired) electrons. The number of nitrogens with zero attached hydrogens (tertiary/aromatic N) is 1. The largest absolute Gasteiger partial charge is 0.389 e. The van der Waals surface area contributed by atoms with E-state index >= 15 is 0 Å². The molecule has 3 rings (SSSR count). The molecule has 2 aromatic carbocycles. The van der Waals surface area contributed by atoms with Crippen LogP contribution in [0.1, 0.15) is 11.3 Å². The van der Waals surface area contributed by atoms with Crippen molar-refractivity contribution in [1.82, 2.24) is 5.16 Å². The van der Waals surface area contributed by atoms with Crippen LogP contribution in [0.5, 0.6) is 0 Å². The summed E-state index contributed by atoms with van der Waals surface area (Å²) in [5.74, 6) is 0.717. The Morgan fingerprint density at radius 3 is 2.41 bits per heavy atom. The number of aromatic nitrogens is 1. The van der Waals surface area contributed by atoms with Gasteiger partial charge in [0.1, 0.15) is 0 Å². The molecule has 110 valence electrons. The molecule has 1 N–H and O–H groups in total. The molecule has 0 saturated carbocycles. The van der Waals surface area contributed by atoms with Crippen LogP contribution in [0.2, 0.25) is 0 Å². The molecule has 0 spiro atoms. The van der Waals surface area contributed by atoms with Gasteiger partial charge in [0, 0.05) is 18.1 Å². The summed E-state index contributed by atoms with van der Waals surface area (Å²) < 4.78 is 5.33. The molecular weight excluding hydrogens is 274 g/mol. The molecule has 1 atom stereocenters. The second kappa shape index (κ2) is 6.87. The Kier molecular flexibility index (Phi) is 4.47. The summed E-state index contributed by atoms with van der Waals surface area (Å²) in [5.41, 5.74) is 2.78. The van der Waals surface area contributed by atoms with Crippen LogP contribution in [0.15, 0.2) is 77.3 Å². The van der Waals surface area contributed by atoms with Gasteiger partial charge in [-0.2, -0.15) is 0 Å².